The molecule has 1 N–H and O–H groups in total. The Morgan fingerprint density at radius 1 is 1.21 bits per heavy atom. The van der Waals surface area contributed by atoms with Gasteiger partial charge in [-0.15, -0.1) is 0 Å². The van der Waals surface area contributed by atoms with Gasteiger partial charge in [0.05, 0.1) is 24.6 Å². The summed E-state index contributed by atoms with van der Waals surface area (Å²) in [5.41, 5.74) is 2.51. The highest BCUT2D eigenvalue weighted by molar-refractivity contribution is 5.67. The summed E-state index contributed by atoms with van der Waals surface area (Å²) in [6.07, 6.45) is 4.63. The molecule has 3 heterocycles. The number of halogens is 2. The van der Waals surface area contributed by atoms with Gasteiger partial charge in [-0.3, -0.25) is 9.48 Å². The van der Waals surface area contributed by atoms with Crippen LogP contribution in [0.25, 0.3) is 16.9 Å². The Morgan fingerprint density at radius 2 is 2.00 bits per heavy atom. The molecule has 0 aliphatic carbocycles. The third-order valence-corrected chi connectivity index (χ3v) is 4.65. The summed E-state index contributed by atoms with van der Waals surface area (Å²) in [5, 5.41) is 17.5. The number of rotatable bonds is 4. The lowest BCUT2D eigenvalue weighted by molar-refractivity contribution is 0.506. The van der Waals surface area contributed by atoms with Crippen LogP contribution in [0, 0.1) is 23.0 Å². The van der Waals surface area contributed by atoms with Crippen LogP contribution in [0.2, 0.25) is 0 Å². The minimum atomic E-state index is -0.920. The highest BCUT2D eigenvalue weighted by atomic mass is 19.2. The van der Waals surface area contributed by atoms with Gasteiger partial charge >= 0.3 is 0 Å². The Morgan fingerprint density at radius 3 is 2.69 bits per heavy atom. The van der Waals surface area contributed by atoms with E-state index in [1.54, 1.807) is 17.1 Å². The van der Waals surface area contributed by atoms with E-state index in [0.717, 1.165) is 12.1 Å². The topological polar surface area (TPSA) is 91.8 Å². The Labute approximate surface area is 163 Å². The molecule has 0 amide bonds. The summed E-state index contributed by atoms with van der Waals surface area (Å²) >= 11 is 0. The number of aromatic nitrogens is 5. The molecule has 4 aromatic rings. The highest BCUT2D eigenvalue weighted by Gasteiger charge is 2.20. The van der Waals surface area contributed by atoms with Crippen LogP contribution in [0.5, 0.6) is 0 Å². The van der Waals surface area contributed by atoms with Crippen LogP contribution in [-0.4, -0.2) is 24.4 Å². The molecule has 7 nitrogen and oxygen atoms in total. The number of fused-ring (bicyclic) bond motifs is 1. The van der Waals surface area contributed by atoms with Crippen LogP contribution >= 0.6 is 0 Å². The Bertz CT molecular complexity index is 1330. The second kappa shape index (κ2) is 6.98. The van der Waals surface area contributed by atoms with Crippen molar-refractivity contribution in [1.29, 1.82) is 5.26 Å². The van der Waals surface area contributed by atoms with Gasteiger partial charge in [-0.25, -0.2) is 8.78 Å². The number of aromatic amines is 1. The zero-order valence-electron chi connectivity index (χ0n) is 15.6. The molecule has 0 saturated carbocycles. The van der Waals surface area contributed by atoms with Crippen LogP contribution in [-0.2, 0) is 6.54 Å². The van der Waals surface area contributed by atoms with E-state index in [4.69, 9.17) is 0 Å². The number of nitriles is 1. The third-order valence-electron chi connectivity index (χ3n) is 4.65. The summed E-state index contributed by atoms with van der Waals surface area (Å²) in [6, 6.07) is 5.69. The average molecular weight is 394 g/mol. The molecular formula is C20H16F2N6O. The zero-order chi connectivity index (χ0) is 20.7. The van der Waals surface area contributed by atoms with Gasteiger partial charge in [0.25, 0.3) is 5.56 Å². The average Bonchev–Trinajstić information content (AvgIpc) is 3.31. The Kier molecular flexibility index (Phi) is 4.47. The lowest BCUT2D eigenvalue weighted by Gasteiger charge is -2.11. The van der Waals surface area contributed by atoms with Gasteiger partial charge in [-0.05, 0) is 23.6 Å². The van der Waals surface area contributed by atoms with Crippen molar-refractivity contribution in [2.24, 2.45) is 0 Å². The summed E-state index contributed by atoms with van der Waals surface area (Å²) < 4.78 is 29.3. The molecule has 0 radical (unpaired) electrons. The lowest BCUT2D eigenvalue weighted by Crippen LogP contribution is -2.22. The summed E-state index contributed by atoms with van der Waals surface area (Å²) in [7, 11) is 0. The number of nitrogens with zero attached hydrogens (tertiary/aromatic N) is 5. The van der Waals surface area contributed by atoms with Crippen LogP contribution in [0.3, 0.4) is 0 Å². The minimum Gasteiger partial charge on any atom is -0.338 e. The van der Waals surface area contributed by atoms with Crippen molar-refractivity contribution in [3.63, 3.8) is 0 Å². The summed E-state index contributed by atoms with van der Waals surface area (Å²) in [5.74, 6) is -1.93. The quantitative estimate of drug-likeness (QED) is 0.575. The standard InChI is InChI=1S/C20H16F2N6O/c1-11(2)17-18(26-19-13(6-23)7-25-28(19)20(17)29)14-8-24-27(10-14)9-12-3-4-15(21)16(22)5-12/h3-5,7-8,10-11,26H,9H2,1-2H3. The first-order valence-electron chi connectivity index (χ1n) is 8.89. The van der Waals surface area contributed by atoms with E-state index < -0.39 is 11.6 Å². The van der Waals surface area contributed by atoms with Crippen LogP contribution in [0.4, 0.5) is 8.78 Å². The van der Waals surface area contributed by atoms with Crippen LogP contribution < -0.4 is 5.56 Å². The molecule has 0 unspecified atom stereocenters. The summed E-state index contributed by atoms with van der Waals surface area (Å²) in [6.45, 7) is 4.01. The number of hydrogen-bond donors (Lipinski definition) is 1. The predicted octanol–water partition coefficient (Wildman–Crippen LogP) is 3.21. The number of nitrogens with one attached hydrogen (secondary N) is 1. The fraction of sp³-hybridized carbons (Fsp3) is 0.200. The van der Waals surface area contributed by atoms with Crippen molar-refractivity contribution in [2.45, 2.75) is 26.3 Å². The van der Waals surface area contributed by atoms with E-state index in [2.05, 4.69) is 15.2 Å². The zero-order valence-corrected chi connectivity index (χ0v) is 15.6. The largest absolute Gasteiger partial charge is 0.338 e. The molecule has 0 bridgehead atoms. The monoisotopic (exact) mass is 394 g/mol. The fourth-order valence-corrected chi connectivity index (χ4v) is 3.28. The molecule has 0 fully saturated rings. The Hall–Kier alpha value is -3.80. The van der Waals surface area contributed by atoms with Crippen molar-refractivity contribution in [1.82, 2.24) is 24.4 Å². The third kappa shape index (κ3) is 3.18. The molecule has 4 rings (SSSR count). The molecule has 0 aliphatic rings. The van der Waals surface area contributed by atoms with E-state index in [1.165, 1.54) is 16.8 Å². The number of benzene rings is 1. The van der Waals surface area contributed by atoms with E-state index in [9.17, 15) is 18.8 Å². The first-order valence-corrected chi connectivity index (χ1v) is 8.89. The second-order valence-corrected chi connectivity index (χ2v) is 6.98. The van der Waals surface area contributed by atoms with Gasteiger partial charge < -0.3 is 4.98 Å². The van der Waals surface area contributed by atoms with Gasteiger partial charge in [0.15, 0.2) is 17.3 Å². The second-order valence-electron chi connectivity index (χ2n) is 6.98. The fourth-order valence-electron chi connectivity index (χ4n) is 3.28. The first kappa shape index (κ1) is 18.6. The van der Waals surface area contributed by atoms with Crippen LogP contribution in [0.15, 0.2) is 41.6 Å². The molecule has 1 aromatic carbocycles. The molecule has 146 valence electrons. The molecule has 3 aromatic heterocycles. The maximum Gasteiger partial charge on any atom is 0.278 e. The first-order chi connectivity index (χ1) is 13.9. The van der Waals surface area contributed by atoms with Gasteiger partial charge in [0.1, 0.15) is 11.6 Å². The normalized spacial score (nSPS) is 11.3. The van der Waals surface area contributed by atoms with Crippen molar-refractivity contribution >= 4 is 5.65 Å². The van der Waals surface area contributed by atoms with E-state index in [0.29, 0.717) is 28.0 Å². The maximum atomic E-state index is 13.4. The van der Waals surface area contributed by atoms with Crippen LogP contribution in [0.1, 0.15) is 36.5 Å². The van der Waals surface area contributed by atoms with Crippen molar-refractivity contribution < 1.29 is 8.78 Å². The molecule has 0 atom stereocenters. The smallest absolute Gasteiger partial charge is 0.278 e. The molecule has 9 heteroatoms. The van der Waals surface area contributed by atoms with Gasteiger partial charge in [-0.1, -0.05) is 19.9 Å². The minimum absolute atomic E-state index is 0.109. The van der Waals surface area contributed by atoms with Crippen molar-refractivity contribution in [3.05, 3.63) is 75.5 Å². The van der Waals surface area contributed by atoms with Gasteiger partial charge in [-0.2, -0.15) is 20.0 Å². The molecular weight excluding hydrogens is 378 g/mol. The number of H-pyrrole nitrogens is 1. The lowest BCUT2D eigenvalue weighted by atomic mass is 10.00. The predicted molar refractivity (Wildman–Crippen MR) is 101 cm³/mol. The molecule has 0 spiro atoms. The van der Waals surface area contributed by atoms with Crippen molar-refractivity contribution in [3.8, 4) is 17.3 Å². The van der Waals surface area contributed by atoms with Crippen molar-refractivity contribution in [2.75, 3.05) is 0 Å². The number of hydrogen-bond acceptors (Lipinski definition) is 4. The van der Waals surface area contributed by atoms with Gasteiger partial charge in [0, 0.05) is 17.3 Å². The SMILES string of the molecule is CC(C)c1c(-c2cnn(Cc3ccc(F)c(F)c3)c2)[nH]c2c(C#N)cnn2c1=O. The molecule has 0 saturated heterocycles. The molecule has 29 heavy (non-hydrogen) atoms. The molecule has 0 aliphatic heterocycles. The van der Waals surface area contributed by atoms with E-state index in [1.807, 2.05) is 19.9 Å². The van der Waals surface area contributed by atoms with Gasteiger partial charge in [0.2, 0.25) is 0 Å². The van der Waals surface area contributed by atoms with E-state index in [-0.39, 0.29) is 23.6 Å². The summed E-state index contributed by atoms with van der Waals surface area (Å²) in [4.78, 5) is 16.1. The maximum absolute atomic E-state index is 13.4. The van der Waals surface area contributed by atoms with E-state index >= 15 is 0 Å². The Balaban J connectivity index is 1.80. The highest BCUT2D eigenvalue weighted by Crippen LogP contribution is 2.26.